The zero-order valence-corrected chi connectivity index (χ0v) is 39.7. The molecular weight excluding hydrogens is 833 g/mol. The lowest BCUT2D eigenvalue weighted by molar-refractivity contribution is 0.176. The number of anilines is 10. The van der Waals surface area contributed by atoms with Crippen LogP contribution < -0.4 is 31.1 Å². The maximum absolute atomic E-state index is 10.0. The van der Waals surface area contributed by atoms with Crippen molar-refractivity contribution in [1.29, 1.82) is 0 Å². The molecule has 0 spiro atoms. The minimum atomic E-state index is -0.623. The third-order valence-electron chi connectivity index (χ3n) is 10.0. The molecule has 4 atom stereocenters. The van der Waals surface area contributed by atoms with Gasteiger partial charge in [0.05, 0.1) is 24.4 Å². The largest absolute Gasteiger partial charge is 0.392 e. The second-order valence-electron chi connectivity index (χ2n) is 16.9. The van der Waals surface area contributed by atoms with Crippen LogP contribution in [0.25, 0.3) is 6.08 Å². The van der Waals surface area contributed by atoms with Crippen LogP contribution in [0.15, 0.2) is 91.0 Å². The monoisotopic (exact) mass is 899 g/mol. The van der Waals surface area contributed by atoms with Crippen molar-refractivity contribution in [2.75, 3.05) is 57.2 Å². The summed E-state index contributed by atoms with van der Waals surface area (Å²) in [5, 5.41) is 52.9. The van der Waals surface area contributed by atoms with Crippen molar-refractivity contribution in [3.63, 3.8) is 0 Å². The maximum atomic E-state index is 10.0. The highest BCUT2D eigenvalue weighted by Crippen LogP contribution is 2.25. The highest BCUT2D eigenvalue weighted by Gasteiger charge is 2.20. The van der Waals surface area contributed by atoms with Gasteiger partial charge in [-0.15, -0.1) is 0 Å². The van der Waals surface area contributed by atoms with Gasteiger partial charge in [-0.3, -0.25) is 0 Å². The van der Waals surface area contributed by atoms with Gasteiger partial charge in [0.1, 0.15) is 0 Å². The van der Waals surface area contributed by atoms with Crippen molar-refractivity contribution >= 4 is 64.5 Å². The van der Waals surface area contributed by atoms with Crippen molar-refractivity contribution < 1.29 is 20.4 Å². The number of aromatic nitrogens is 6. The Labute approximate surface area is 389 Å². The molecule has 66 heavy (non-hydrogen) atoms. The lowest BCUT2D eigenvalue weighted by atomic mass is 10.1. The van der Waals surface area contributed by atoms with Crippen LogP contribution in [-0.4, -0.2) is 101 Å². The Morgan fingerprint density at radius 3 is 1.11 bits per heavy atom. The fourth-order valence-electron chi connectivity index (χ4n) is 6.72. The molecule has 0 saturated carbocycles. The topological polar surface area (TPSA) is 213 Å². The molecule has 0 aliphatic rings. The fourth-order valence-corrected chi connectivity index (χ4v) is 6.72. The Balaban J connectivity index is 0.000000248. The first-order valence-corrected chi connectivity index (χ1v) is 22.2. The van der Waals surface area contributed by atoms with E-state index in [1.54, 1.807) is 37.5 Å². The number of hydrogen-bond acceptors (Lipinski definition) is 16. The normalized spacial score (nSPS) is 12.9. The molecule has 16 heteroatoms. The predicted molar refractivity (Wildman–Crippen MR) is 268 cm³/mol. The van der Waals surface area contributed by atoms with Gasteiger partial charge in [-0.2, -0.15) is 29.9 Å². The van der Waals surface area contributed by atoms with Crippen LogP contribution in [0.4, 0.5) is 58.4 Å². The second kappa shape index (κ2) is 24.0. The van der Waals surface area contributed by atoms with E-state index in [-0.39, 0.29) is 26.2 Å². The lowest BCUT2D eigenvalue weighted by Crippen LogP contribution is -2.37. The molecule has 6 rings (SSSR count). The number of rotatable bonds is 19. The molecule has 350 valence electrons. The second-order valence-corrected chi connectivity index (χ2v) is 16.9. The van der Waals surface area contributed by atoms with Crippen molar-refractivity contribution in [2.24, 2.45) is 0 Å². The summed E-state index contributed by atoms with van der Waals surface area (Å²) in [5.74, 6) is 2.18. The first-order valence-electron chi connectivity index (χ1n) is 22.2. The molecule has 2 aromatic heterocycles. The van der Waals surface area contributed by atoms with Crippen LogP contribution in [0.3, 0.4) is 0 Å². The summed E-state index contributed by atoms with van der Waals surface area (Å²) in [7, 11) is 0. The van der Waals surface area contributed by atoms with Gasteiger partial charge in [-0.1, -0.05) is 59.7 Å². The Morgan fingerprint density at radius 2 is 0.773 bits per heavy atom. The zero-order chi connectivity index (χ0) is 47.9. The molecule has 0 bridgehead atoms. The van der Waals surface area contributed by atoms with E-state index in [4.69, 9.17) is 0 Å². The van der Waals surface area contributed by atoms with Crippen molar-refractivity contribution in [3.05, 3.63) is 124 Å². The number of benzene rings is 4. The third-order valence-corrected chi connectivity index (χ3v) is 10.0. The third kappa shape index (κ3) is 16.1. The molecule has 0 radical (unpaired) electrons. The van der Waals surface area contributed by atoms with Gasteiger partial charge in [0.15, 0.2) is 0 Å². The van der Waals surface area contributed by atoms with Crippen LogP contribution in [0, 0.1) is 34.6 Å². The zero-order valence-electron chi connectivity index (χ0n) is 39.7. The summed E-state index contributed by atoms with van der Waals surface area (Å²) in [6.45, 7) is 20.1. The minimum absolute atomic E-state index is 0.273. The Bertz CT molecular complexity index is 2480. The van der Waals surface area contributed by atoms with Crippen LogP contribution >= 0.6 is 0 Å². The molecule has 8 N–H and O–H groups in total. The van der Waals surface area contributed by atoms with Gasteiger partial charge in [0, 0.05) is 48.9 Å². The first-order chi connectivity index (χ1) is 31.4. The molecule has 4 aromatic carbocycles. The first kappa shape index (κ1) is 50.3. The summed E-state index contributed by atoms with van der Waals surface area (Å²) in [6.07, 6.45) is 1.60. The van der Waals surface area contributed by atoms with E-state index >= 15 is 0 Å². The molecule has 0 fully saturated rings. The van der Waals surface area contributed by atoms with Gasteiger partial charge in [-0.05, 0) is 140 Å². The van der Waals surface area contributed by atoms with E-state index in [0.717, 1.165) is 50.6 Å². The van der Waals surface area contributed by atoms with E-state index in [1.165, 1.54) is 5.56 Å². The van der Waals surface area contributed by atoms with Crippen LogP contribution in [0.2, 0.25) is 0 Å². The molecule has 0 saturated heterocycles. The summed E-state index contributed by atoms with van der Waals surface area (Å²) in [6, 6.07) is 28.0. The average molecular weight is 899 g/mol. The SMILES string of the molecule is C/C=C/c1ccc(Nc2nc(Nc3ccc(C)cc3)nc(N(CC(C)O)CC(C)O)n2)cc1C.Cc1ccc(Nc2nc(Nc3ccc(C)c(C)c3)nc(N(CC(C)O)CC(C)O)n2)cc1. The van der Waals surface area contributed by atoms with Gasteiger partial charge < -0.3 is 51.5 Å². The lowest BCUT2D eigenvalue weighted by Gasteiger charge is -2.26. The number of nitrogens with zero attached hydrogens (tertiary/aromatic N) is 8. The minimum Gasteiger partial charge on any atom is -0.392 e. The molecule has 4 unspecified atom stereocenters. The molecule has 6 aromatic rings. The maximum Gasteiger partial charge on any atom is 0.233 e. The van der Waals surface area contributed by atoms with E-state index in [2.05, 4.69) is 78.0 Å². The quantitative estimate of drug-likeness (QED) is 0.0383. The van der Waals surface area contributed by atoms with Gasteiger partial charge in [-0.25, -0.2) is 0 Å². The molecule has 2 heterocycles. The molecule has 0 aliphatic heterocycles. The molecular formula is C50H66N12O4. The van der Waals surface area contributed by atoms with Crippen LogP contribution in [0.1, 0.15) is 68.0 Å². The fraction of sp³-hybridized carbons (Fsp3) is 0.360. The summed E-state index contributed by atoms with van der Waals surface area (Å²) in [5.41, 5.74) is 10.4. The number of aryl methyl sites for hydroxylation is 5. The van der Waals surface area contributed by atoms with E-state index < -0.39 is 24.4 Å². The van der Waals surface area contributed by atoms with Crippen molar-refractivity contribution in [1.82, 2.24) is 29.9 Å². The standard InChI is InChI=1S/C26H34N6O2.C24H32N6O2/c1-6-7-21-10-13-23(14-18(21)3)28-25-29-24(27-22-11-8-17(2)9-12-22)30-26(31-25)32(15-19(4)33)16-20(5)34;1-15-6-9-20(10-7-15)25-22-27-23(26-21-11-8-16(2)17(3)12-21)29-24(28-22)30(13-18(4)31)14-19(5)32/h6-14,19-20,33-34H,15-16H2,1-5H3,(H2,27,28,29,30,31);6-12,18-19,31-32H,13-14H2,1-5H3,(H2,25,26,27,28,29)/b7-6+;. The number of nitrogens with one attached hydrogen (secondary N) is 4. The Kier molecular flexibility index (Phi) is 18.3. The molecule has 0 amide bonds. The summed E-state index contributed by atoms with van der Waals surface area (Å²) < 4.78 is 0. The molecule has 0 aliphatic carbocycles. The highest BCUT2D eigenvalue weighted by atomic mass is 16.3. The number of allylic oxidation sites excluding steroid dienone is 1. The van der Waals surface area contributed by atoms with Crippen LogP contribution in [0.5, 0.6) is 0 Å². The van der Waals surface area contributed by atoms with Crippen molar-refractivity contribution in [2.45, 2.75) is 93.7 Å². The van der Waals surface area contributed by atoms with E-state index in [9.17, 15) is 20.4 Å². The Hall–Kier alpha value is -6.72. The number of aliphatic hydroxyl groups excluding tert-OH is 4. The smallest absolute Gasteiger partial charge is 0.233 e. The Morgan fingerprint density at radius 1 is 0.439 bits per heavy atom. The summed E-state index contributed by atoms with van der Waals surface area (Å²) >= 11 is 0. The van der Waals surface area contributed by atoms with Gasteiger partial charge >= 0.3 is 0 Å². The number of hydrogen-bond donors (Lipinski definition) is 8. The van der Waals surface area contributed by atoms with E-state index in [1.807, 2.05) is 112 Å². The highest BCUT2D eigenvalue weighted by molar-refractivity contribution is 5.64. The average Bonchev–Trinajstić information content (AvgIpc) is 3.24. The van der Waals surface area contributed by atoms with Gasteiger partial charge in [0.25, 0.3) is 0 Å². The van der Waals surface area contributed by atoms with Crippen molar-refractivity contribution in [3.8, 4) is 0 Å². The van der Waals surface area contributed by atoms with E-state index in [0.29, 0.717) is 35.7 Å². The number of aliphatic hydroxyl groups is 4. The predicted octanol–water partition coefficient (Wildman–Crippen LogP) is 8.43. The van der Waals surface area contributed by atoms with Gasteiger partial charge in [0.2, 0.25) is 35.7 Å². The summed E-state index contributed by atoms with van der Waals surface area (Å²) in [4.78, 5) is 30.9. The van der Waals surface area contributed by atoms with Crippen LogP contribution in [-0.2, 0) is 0 Å². The molecule has 16 nitrogen and oxygen atoms in total.